The Kier molecular flexibility index (Phi) is 12.4. The van der Waals surface area contributed by atoms with Gasteiger partial charge in [-0.2, -0.15) is 31.6 Å². The monoisotopic (exact) mass is 1080 g/mol. The number of hydrogen-bond donors (Lipinski definition) is 0. The number of halogens is 6. The normalized spacial score (nSPS) is 12.0. The molecule has 13 rings (SSSR count). The maximum Gasteiger partial charge on any atom is 0.417 e. The molecular formula is C73H49F6N3. The van der Waals surface area contributed by atoms with Crippen LogP contribution in [0.5, 0.6) is 0 Å². The van der Waals surface area contributed by atoms with Crippen molar-refractivity contribution in [2.75, 3.05) is 0 Å². The molecule has 9 heteroatoms. The van der Waals surface area contributed by atoms with Crippen molar-refractivity contribution in [3.63, 3.8) is 0 Å². The second-order valence-electron chi connectivity index (χ2n) is 21.2. The number of aryl methyl sites for hydroxylation is 4. The number of nitriles is 1. The fourth-order valence-corrected chi connectivity index (χ4v) is 12.2. The summed E-state index contributed by atoms with van der Waals surface area (Å²) >= 11 is 0. The molecule has 3 nitrogen and oxygen atoms in total. The predicted molar refractivity (Wildman–Crippen MR) is 321 cm³/mol. The summed E-state index contributed by atoms with van der Waals surface area (Å²) in [7, 11) is 0. The highest BCUT2D eigenvalue weighted by molar-refractivity contribution is 6.14. The number of fused-ring (bicyclic) bond motifs is 6. The van der Waals surface area contributed by atoms with E-state index >= 15 is 13.2 Å². The van der Waals surface area contributed by atoms with Crippen LogP contribution in [0.25, 0.3) is 122 Å². The zero-order valence-electron chi connectivity index (χ0n) is 45.0. The Bertz CT molecular complexity index is 4590. The van der Waals surface area contributed by atoms with Gasteiger partial charge < -0.3 is 9.13 Å². The molecule has 0 spiro atoms. The van der Waals surface area contributed by atoms with Gasteiger partial charge in [0.05, 0.1) is 50.5 Å². The van der Waals surface area contributed by atoms with Crippen LogP contribution in [0.1, 0.15) is 38.9 Å². The van der Waals surface area contributed by atoms with Crippen LogP contribution in [0.4, 0.5) is 26.3 Å². The van der Waals surface area contributed by atoms with Crippen LogP contribution in [0.3, 0.4) is 0 Å². The highest BCUT2D eigenvalue weighted by atomic mass is 19.4. The van der Waals surface area contributed by atoms with Crippen molar-refractivity contribution >= 4 is 43.6 Å². The summed E-state index contributed by atoms with van der Waals surface area (Å²) in [6.45, 7) is 8.32. The van der Waals surface area contributed by atoms with Crippen molar-refractivity contribution < 1.29 is 26.3 Å². The van der Waals surface area contributed by atoms with Crippen molar-refractivity contribution in [2.45, 2.75) is 40.0 Å². The Hall–Kier alpha value is -9.91. The Morgan fingerprint density at radius 1 is 0.329 bits per heavy atom. The fourth-order valence-electron chi connectivity index (χ4n) is 12.2. The Labute approximate surface area is 469 Å². The first kappa shape index (κ1) is 51.5. The molecule has 0 bridgehead atoms. The van der Waals surface area contributed by atoms with Gasteiger partial charge in [-0.15, -0.1) is 0 Å². The van der Waals surface area contributed by atoms with Crippen molar-refractivity contribution in [1.82, 2.24) is 9.13 Å². The van der Waals surface area contributed by atoms with Crippen LogP contribution in [0.2, 0.25) is 0 Å². The van der Waals surface area contributed by atoms with Crippen LogP contribution < -0.4 is 0 Å². The molecule has 0 aliphatic heterocycles. The summed E-state index contributed by atoms with van der Waals surface area (Å²) in [5.41, 5.74) is 15.1. The van der Waals surface area contributed by atoms with E-state index in [1.54, 1.807) is 18.2 Å². The van der Waals surface area contributed by atoms with E-state index in [0.717, 1.165) is 116 Å². The van der Waals surface area contributed by atoms with E-state index in [2.05, 4.69) is 164 Å². The Balaban J connectivity index is 1.10. The first-order chi connectivity index (χ1) is 39.5. The van der Waals surface area contributed by atoms with E-state index in [9.17, 15) is 18.4 Å². The zero-order chi connectivity index (χ0) is 56.8. The van der Waals surface area contributed by atoms with Gasteiger partial charge in [0.2, 0.25) is 0 Å². The summed E-state index contributed by atoms with van der Waals surface area (Å²) in [6.07, 6.45) is -10.2. The summed E-state index contributed by atoms with van der Waals surface area (Å²) in [5.74, 6) is 0. The summed E-state index contributed by atoms with van der Waals surface area (Å²) < 4.78 is 92.3. The molecule has 0 aliphatic carbocycles. The quantitative estimate of drug-likeness (QED) is 0.140. The van der Waals surface area contributed by atoms with Gasteiger partial charge in [-0.25, -0.2) is 0 Å². The minimum atomic E-state index is -5.15. The molecule has 2 heterocycles. The van der Waals surface area contributed by atoms with Crippen molar-refractivity contribution in [3.8, 4) is 84.2 Å². The SMILES string of the molecule is Cc1ccccc1-c1ccc2c(c1)c1cc(-c3ccccc3C)ccc1n2-c1ccc(C#N)c(-c2cc(-c3ccc(C(F)(F)F)cc3C(F)(F)F)ccc2-n2c3ccc(-c4ccccc4C)cc3c3cc(-c4ccccc4C)ccc32)c1. The standard InChI is InChI=1S/C73H49F6N3/c1-43-13-5-9-17-55(43)47-22-30-67-62(35-47)63-36-48(56-18-10-6-14-44(56)2)23-31-68(63)81(67)54-28-21-52(42-80)60(41-54)61-39-51(59-29-27-53(72(74,75)76)40-66(59)73(77,78)79)26-34-69(61)82-70-32-24-49(57-19-11-7-15-45(57)3)37-64(70)65-38-50(25-33-71(65)82)58-20-12-8-16-46(58)4/h5-41H,1-4H3. The van der Waals surface area contributed by atoms with E-state index in [1.807, 2.05) is 60.7 Å². The van der Waals surface area contributed by atoms with Crippen molar-refractivity contribution in [1.29, 1.82) is 5.26 Å². The third kappa shape index (κ3) is 8.79. The average molecular weight is 1080 g/mol. The average Bonchev–Trinajstić information content (AvgIpc) is 3.26. The summed E-state index contributed by atoms with van der Waals surface area (Å²) in [6, 6.07) is 72.7. The van der Waals surface area contributed by atoms with Crippen molar-refractivity contribution in [2.24, 2.45) is 0 Å². The first-order valence-corrected chi connectivity index (χ1v) is 26.9. The molecule has 0 fully saturated rings. The molecule has 13 aromatic rings. The molecular weight excluding hydrogens is 1030 g/mol. The molecule has 0 saturated carbocycles. The molecule has 0 saturated heterocycles. The number of rotatable bonds is 8. The van der Waals surface area contributed by atoms with Gasteiger partial charge in [-0.1, -0.05) is 133 Å². The van der Waals surface area contributed by atoms with Gasteiger partial charge in [0.15, 0.2) is 0 Å². The highest BCUT2D eigenvalue weighted by Gasteiger charge is 2.39. The van der Waals surface area contributed by atoms with Crippen LogP contribution in [0.15, 0.2) is 224 Å². The van der Waals surface area contributed by atoms with Gasteiger partial charge in [-0.05, 0) is 197 Å². The summed E-state index contributed by atoms with van der Waals surface area (Å²) in [5, 5.41) is 15.0. The van der Waals surface area contributed by atoms with Gasteiger partial charge >= 0.3 is 12.4 Å². The Morgan fingerprint density at radius 3 is 1.11 bits per heavy atom. The number of nitrogens with zero attached hydrogens (tertiary/aromatic N) is 3. The molecule has 2 aromatic heterocycles. The third-order valence-electron chi connectivity index (χ3n) is 16.2. The highest BCUT2D eigenvalue weighted by Crippen LogP contribution is 2.47. The van der Waals surface area contributed by atoms with E-state index < -0.39 is 29.0 Å². The number of benzene rings is 11. The fraction of sp³-hybridized carbons (Fsp3) is 0.0822. The van der Waals surface area contributed by atoms with Gasteiger partial charge in [0.1, 0.15) is 0 Å². The molecule has 0 unspecified atom stereocenters. The molecule has 0 amide bonds. The maximum absolute atomic E-state index is 15.2. The van der Waals surface area contributed by atoms with E-state index in [0.29, 0.717) is 28.6 Å². The lowest BCUT2D eigenvalue weighted by Gasteiger charge is -2.20. The zero-order valence-corrected chi connectivity index (χ0v) is 45.0. The lowest BCUT2D eigenvalue weighted by Crippen LogP contribution is -2.12. The van der Waals surface area contributed by atoms with E-state index in [4.69, 9.17) is 0 Å². The van der Waals surface area contributed by atoms with Crippen LogP contribution in [-0.2, 0) is 12.4 Å². The number of alkyl halides is 6. The van der Waals surface area contributed by atoms with Gasteiger partial charge in [0, 0.05) is 38.4 Å². The van der Waals surface area contributed by atoms with Gasteiger partial charge in [0.25, 0.3) is 0 Å². The second-order valence-corrected chi connectivity index (χ2v) is 21.2. The minimum absolute atomic E-state index is 0.0165. The van der Waals surface area contributed by atoms with Crippen molar-refractivity contribution in [3.05, 3.63) is 263 Å². The third-order valence-corrected chi connectivity index (χ3v) is 16.2. The smallest absolute Gasteiger partial charge is 0.309 e. The Morgan fingerprint density at radius 2 is 0.720 bits per heavy atom. The van der Waals surface area contributed by atoms with Crippen LogP contribution in [-0.4, -0.2) is 9.13 Å². The number of hydrogen-bond acceptors (Lipinski definition) is 1. The van der Waals surface area contributed by atoms with Crippen LogP contribution >= 0.6 is 0 Å². The molecule has 0 radical (unpaired) electrons. The lowest BCUT2D eigenvalue weighted by atomic mass is 9.91. The van der Waals surface area contributed by atoms with E-state index in [1.165, 1.54) is 6.07 Å². The topological polar surface area (TPSA) is 33.6 Å². The molecule has 0 N–H and O–H groups in total. The van der Waals surface area contributed by atoms with Crippen LogP contribution in [0, 0.1) is 39.0 Å². The molecule has 0 atom stereocenters. The largest absolute Gasteiger partial charge is 0.417 e. The molecule has 11 aromatic carbocycles. The minimum Gasteiger partial charge on any atom is -0.309 e. The van der Waals surface area contributed by atoms with E-state index in [-0.39, 0.29) is 17.2 Å². The lowest BCUT2D eigenvalue weighted by molar-refractivity contribution is -0.142. The molecule has 82 heavy (non-hydrogen) atoms. The van der Waals surface area contributed by atoms with Gasteiger partial charge in [-0.3, -0.25) is 0 Å². The molecule has 0 aliphatic rings. The summed E-state index contributed by atoms with van der Waals surface area (Å²) in [4.78, 5) is 0. The maximum atomic E-state index is 15.2. The number of aromatic nitrogens is 2. The first-order valence-electron chi connectivity index (χ1n) is 26.9. The molecule has 398 valence electrons. The second kappa shape index (κ2) is 19.7. The predicted octanol–water partition coefficient (Wildman–Crippen LogP) is 21.0.